The van der Waals surface area contributed by atoms with Crippen LogP contribution in [0.25, 0.3) is 0 Å². The molecule has 1 aromatic rings. The van der Waals surface area contributed by atoms with E-state index in [1.807, 2.05) is 6.07 Å². The second-order valence-electron chi connectivity index (χ2n) is 6.05. The molecule has 1 aliphatic rings. The second kappa shape index (κ2) is 6.59. The average molecular weight is 277 g/mol. The van der Waals surface area contributed by atoms with Gasteiger partial charge in [0.2, 0.25) is 0 Å². The summed E-state index contributed by atoms with van der Waals surface area (Å²) in [6.45, 7) is 7.39. The van der Waals surface area contributed by atoms with E-state index in [0.29, 0.717) is 0 Å². The zero-order chi connectivity index (χ0) is 14.6. The van der Waals surface area contributed by atoms with Crippen molar-refractivity contribution in [2.45, 2.75) is 58.1 Å². The minimum Gasteiger partial charge on any atom is -0.490 e. The fraction of sp³-hybridized carbons (Fsp3) is 0.647. The van der Waals surface area contributed by atoms with Gasteiger partial charge in [0.1, 0.15) is 11.9 Å². The van der Waals surface area contributed by atoms with Gasteiger partial charge in [0.05, 0.1) is 6.61 Å². The molecule has 1 saturated carbocycles. The van der Waals surface area contributed by atoms with Crippen molar-refractivity contribution in [1.82, 2.24) is 5.32 Å². The first-order valence-corrected chi connectivity index (χ1v) is 7.68. The molecule has 3 heteroatoms. The molecule has 2 unspecified atom stereocenters. The van der Waals surface area contributed by atoms with Crippen molar-refractivity contribution in [1.29, 1.82) is 0 Å². The maximum atomic E-state index is 9.72. The molecule has 0 amide bonds. The number of ether oxygens (including phenoxy) is 1. The summed E-state index contributed by atoms with van der Waals surface area (Å²) in [5.41, 5.74) is 2.40. The maximum absolute atomic E-state index is 9.72. The molecule has 2 atom stereocenters. The third kappa shape index (κ3) is 3.53. The van der Waals surface area contributed by atoms with E-state index in [1.54, 1.807) is 0 Å². The molecule has 0 aliphatic heterocycles. The van der Waals surface area contributed by atoms with Crippen LogP contribution in [0.3, 0.4) is 0 Å². The smallest absolute Gasteiger partial charge is 0.120 e. The van der Waals surface area contributed by atoms with Gasteiger partial charge in [0, 0.05) is 12.0 Å². The zero-order valence-corrected chi connectivity index (χ0v) is 12.9. The van der Waals surface area contributed by atoms with Crippen molar-refractivity contribution in [2.75, 3.05) is 13.2 Å². The van der Waals surface area contributed by atoms with E-state index in [1.165, 1.54) is 11.1 Å². The van der Waals surface area contributed by atoms with E-state index in [-0.39, 0.29) is 18.2 Å². The minimum absolute atomic E-state index is 0.155. The number of aryl methyl sites for hydroxylation is 2. The summed E-state index contributed by atoms with van der Waals surface area (Å²) in [6.07, 6.45) is 4.27. The lowest BCUT2D eigenvalue weighted by molar-refractivity contribution is 0.0520. The van der Waals surface area contributed by atoms with Crippen LogP contribution in [-0.4, -0.2) is 29.9 Å². The van der Waals surface area contributed by atoms with Crippen LogP contribution in [0.4, 0.5) is 0 Å². The molecule has 3 nitrogen and oxygen atoms in total. The Kier molecular flexibility index (Phi) is 5.06. The van der Waals surface area contributed by atoms with Crippen molar-refractivity contribution in [3.05, 3.63) is 29.3 Å². The van der Waals surface area contributed by atoms with Crippen LogP contribution < -0.4 is 10.1 Å². The van der Waals surface area contributed by atoms with Gasteiger partial charge in [0.15, 0.2) is 0 Å². The van der Waals surface area contributed by atoms with Gasteiger partial charge in [-0.1, -0.05) is 13.0 Å². The Morgan fingerprint density at radius 3 is 2.80 bits per heavy atom. The van der Waals surface area contributed by atoms with Crippen LogP contribution in [0.5, 0.6) is 5.75 Å². The Morgan fingerprint density at radius 1 is 1.35 bits per heavy atom. The normalized spacial score (nSPS) is 26.5. The van der Waals surface area contributed by atoms with Gasteiger partial charge >= 0.3 is 0 Å². The molecule has 20 heavy (non-hydrogen) atoms. The Labute approximate surface area is 122 Å². The summed E-state index contributed by atoms with van der Waals surface area (Å²) >= 11 is 0. The second-order valence-corrected chi connectivity index (χ2v) is 6.05. The van der Waals surface area contributed by atoms with Crippen molar-refractivity contribution in [3.8, 4) is 5.75 Å². The highest BCUT2D eigenvalue weighted by atomic mass is 16.5. The molecule has 1 aliphatic carbocycles. The molecule has 0 heterocycles. The van der Waals surface area contributed by atoms with Crippen LogP contribution in [0.1, 0.15) is 43.7 Å². The standard InChI is InChI=1S/C17H27NO2/c1-4-18-17(12-19)9-5-6-16(11-17)20-15-8-7-13(2)14(3)10-15/h7-8,10,16,18-19H,4-6,9,11-12H2,1-3H3. The van der Waals surface area contributed by atoms with E-state index >= 15 is 0 Å². The van der Waals surface area contributed by atoms with E-state index in [0.717, 1.165) is 38.0 Å². The van der Waals surface area contributed by atoms with E-state index in [9.17, 15) is 5.11 Å². The number of aliphatic hydroxyl groups is 1. The Morgan fingerprint density at radius 2 is 2.15 bits per heavy atom. The molecule has 1 fully saturated rings. The quantitative estimate of drug-likeness (QED) is 0.869. The third-order valence-corrected chi connectivity index (χ3v) is 4.44. The van der Waals surface area contributed by atoms with Gasteiger partial charge in [0.25, 0.3) is 0 Å². The van der Waals surface area contributed by atoms with Gasteiger partial charge in [-0.05, 0) is 62.9 Å². The summed E-state index contributed by atoms with van der Waals surface area (Å²) in [5.74, 6) is 0.948. The highest BCUT2D eigenvalue weighted by molar-refractivity contribution is 5.34. The number of hydrogen-bond acceptors (Lipinski definition) is 3. The van der Waals surface area contributed by atoms with Crippen LogP contribution in [-0.2, 0) is 0 Å². The first kappa shape index (κ1) is 15.3. The fourth-order valence-corrected chi connectivity index (χ4v) is 3.12. The number of nitrogens with one attached hydrogen (secondary N) is 1. The highest BCUT2D eigenvalue weighted by Crippen LogP contribution is 2.31. The summed E-state index contributed by atoms with van der Waals surface area (Å²) in [5, 5.41) is 13.2. The molecule has 0 spiro atoms. The molecular weight excluding hydrogens is 250 g/mol. The Balaban J connectivity index is 2.03. The van der Waals surface area contributed by atoms with Gasteiger partial charge in [-0.15, -0.1) is 0 Å². The minimum atomic E-state index is -0.155. The first-order chi connectivity index (χ1) is 9.58. The number of aliphatic hydroxyl groups excluding tert-OH is 1. The number of rotatable bonds is 5. The summed E-state index contributed by atoms with van der Waals surface area (Å²) in [4.78, 5) is 0. The van der Waals surface area contributed by atoms with Crippen LogP contribution in [0, 0.1) is 13.8 Å². The predicted molar refractivity (Wildman–Crippen MR) is 82.3 cm³/mol. The van der Waals surface area contributed by atoms with Crippen molar-refractivity contribution in [2.24, 2.45) is 0 Å². The SMILES string of the molecule is CCNC1(CO)CCCC(Oc2ccc(C)c(C)c2)C1. The highest BCUT2D eigenvalue weighted by Gasteiger charge is 2.36. The summed E-state index contributed by atoms with van der Waals surface area (Å²) in [6, 6.07) is 6.26. The van der Waals surface area contributed by atoms with Crippen molar-refractivity contribution in [3.63, 3.8) is 0 Å². The van der Waals surface area contributed by atoms with Gasteiger partial charge in [-0.3, -0.25) is 0 Å². The molecular formula is C17H27NO2. The van der Waals surface area contributed by atoms with Crippen molar-refractivity contribution >= 4 is 0 Å². The van der Waals surface area contributed by atoms with E-state index in [2.05, 4.69) is 38.2 Å². The van der Waals surface area contributed by atoms with Gasteiger partial charge in [-0.2, -0.15) is 0 Å². The van der Waals surface area contributed by atoms with Crippen molar-refractivity contribution < 1.29 is 9.84 Å². The first-order valence-electron chi connectivity index (χ1n) is 7.68. The van der Waals surface area contributed by atoms with Gasteiger partial charge in [-0.25, -0.2) is 0 Å². The number of benzene rings is 1. The molecule has 2 N–H and O–H groups in total. The predicted octanol–water partition coefficient (Wildman–Crippen LogP) is 2.97. The molecule has 0 bridgehead atoms. The Bertz CT molecular complexity index is 443. The van der Waals surface area contributed by atoms with E-state index in [4.69, 9.17) is 4.74 Å². The number of hydrogen-bond donors (Lipinski definition) is 2. The summed E-state index contributed by atoms with van der Waals surface area (Å²) in [7, 11) is 0. The molecule has 0 radical (unpaired) electrons. The lowest BCUT2D eigenvalue weighted by atomic mass is 9.80. The Hall–Kier alpha value is -1.06. The fourth-order valence-electron chi connectivity index (χ4n) is 3.12. The molecule has 0 aromatic heterocycles. The van der Waals surface area contributed by atoms with Crippen LogP contribution in [0.15, 0.2) is 18.2 Å². The molecule has 2 rings (SSSR count). The average Bonchev–Trinajstić information content (AvgIpc) is 2.44. The topological polar surface area (TPSA) is 41.5 Å². The molecule has 112 valence electrons. The van der Waals surface area contributed by atoms with Crippen LogP contribution >= 0.6 is 0 Å². The van der Waals surface area contributed by atoms with Gasteiger partial charge < -0.3 is 15.2 Å². The lowest BCUT2D eigenvalue weighted by Gasteiger charge is -2.40. The lowest BCUT2D eigenvalue weighted by Crippen LogP contribution is -2.53. The summed E-state index contributed by atoms with van der Waals surface area (Å²) < 4.78 is 6.14. The third-order valence-electron chi connectivity index (χ3n) is 4.44. The monoisotopic (exact) mass is 277 g/mol. The maximum Gasteiger partial charge on any atom is 0.120 e. The molecule has 1 aromatic carbocycles. The number of likely N-dealkylation sites (N-methyl/N-ethyl adjacent to an activating group) is 1. The van der Waals surface area contributed by atoms with Crippen LogP contribution in [0.2, 0.25) is 0 Å². The van der Waals surface area contributed by atoms with E-state index < -0.39 is 0 Å². The zero-order valence-electron chi connectivity index (χ0n) is 12.9. The largest absolute Gasteiger partial charge is 0.490 e. The molecule has 0 saturated heterocycles.